The molecule has 0 aliphatic carbocycles. The average molecular weight is 667 g/mol. The Balaban J connectivity index is 1.43. The van der Waals surface area contributed by atoms with Crippen LogP contribution in [0.3, 0.4) is 0 Å². The molecule has 0 bridgehead atoms. The predicted octanol–water partition coefficient (Wildman–Crippen LogP) is -9.75. The number of ether oxygens (including phenoxy) is 7. The maximum Gasteiger partial charge on any atom is 0.187 e. The lowest BCUT2D eigenvalue weighted by atomic mass is 9.95. The monoisotopic (exact) mass is 666 g/mol. The number of hydrogen-bond acceptors (Lipinski definition) is 21. The van der Waals surface area contributed by atoms with Gasteiger partial charge in [-0.2, -0.15) is 0 Å². The Hall–Kier alpha value is -0.840. The minimum absolute atomic E-state index is 0.784. The van der Waals surface area contributed by atoms with Crippen molar-refractivity contribution in [2.24, 2.45) is 0 Å². The fourth-order valence-corrected chi connectivity index (χ4v) is 5.55. The summed E-state index contributed by atoms with van der Waals surface area (Å²) in [6.07, 6.45) is -35.3. The van der Waals surface area contributed by atoms with Crippen LogP contribution in [0.2, 0.25) is 0 Å². The summed E-state index contributed by atoms with van der Waals surface area (Å²) in [6, 6.07) is 0. The molecule has 0 saturated carbocycles. The van der Waals surface area contributed by atoms with Crippen LogP contribution in [0.4, 0.5) is 0 Å². The Labute approximate surface area is 254 Å². The van der Waals surface area contributed by atoms with Crippen molar-refractivity contribution < 1.29 is 105 Å². The van der Waals surface area contributed by atoms with E-state index in [2.05, 4.69) is 0 Å². The predicted molar refractivity (Wildman–Crippen MR) is 134 cm³/mol. The van der Waals surface area contributed by atoms with Gasteiger partial charge < -0.3 is 105 Å². The van der Waals surface area contributed by atoms with Crippen LogP contribution in [0.15, 0.2) is 0 Å². The topological polar surface area (TPSA) is 348 Å². The first-order chi connectivity index (χ1) is 21.3. The number of rotatable bonds is 10. The number of aliphatic hydroxyl groups excluding tert-OH is 14. The second-order valence-electron chi connectivity index (χ2n) is 11.1. The molecule has 14 N–H and O–H groups in total. The quantitative estimate of drug-likeness (QED) is 0.103. The fourth-order valence-electron chi connectivity index (χ4n) is 5.55. The minimum atomic E-state index is -2.02. The normalized spacial score (nSPS) is 52.9. The van der Waals surface area contributed by atoms with Crippen LogP contribution in [0, 0.1) is 0 Å². The van der Waals surface area contributed by atoms with Crippen molar-refractivity contribution in [1.29, 1.82) is 0 Å². The third kappa shape index (κ3) is 7.44. The Morgan fingerprint density at radius 1 is 0.333 bits per heavy atom. The molecule has 0 aromatic rings. The Kier molecular flexibility index (Phi) is 12.8. The van der Waals surface area contributed by atoms with E-state index in [-0.39, 0.29) is 0 Å². The first kappa shape index (κ1) is 37.0. The van der Waals surface area contributed by atoms with Crippen LogP contribution >= 0.6 is 0 Å². The summed E-state index contributed by atoms with van der Waals surface area (Å²) in [6.45, 7) is -3.39. The third-order valence-corrected chi connectivity index (χ3v) is 8.20. The molecule has 264 valence electrons. The average Bonchev–Trinajstić information content (AvgIpc) is 3.03. The highest BCUT2D eigenvalue weighted by atomic mass is 16.8. The Morgan fingerprint density at radius 2 is 0.644 bits per heavy atom. The zero-order chi connectivity index (χ0) is 33.3. The van der Waals surface area contributed by atoms with Gasteiger partial charge in [-0.25, -0.2) is 0 Å². The van der Waals surface area contributed by atoms with Crippen molar-refractivity contribution in [3.8, 4) is 0 Å². The molecule has 21 heteroatoms. The van der Waals surface area contributed by atoms with Crippen molar-refractivity contribution in [3.63, 3.8) is 0 Å². The molecule has 0 radical (unpaired) electrons. The van der Waals surface area contributed by atoms with E-state index in [4.69, 9.17) is 33.2 Å². The van der Waals surface area contributed by atoms with Crippen LogP contribution in [0.1, 0.15) is 0 Å². The molecule has 4 heterocycles. The lowest BCUT2D eigenvalue weighted by molar-refractivity contribution is -0.387. The largest absolute Gasteiger partial charge is 0.394 e. The Morgan fingerprint density at radius 3 is 1.02 bits per heavy atom. The highest BCUT2D eigenvalue weighted by molar-refractivity contribution is 4.97. The molecule has 0 amide bonds. The van der Waals surface area contributed by atoms with Gasteiger partial charge in [0.1, 0.15) is 97.7 Å². The lowest BCUT2D eigenvalue weighted by Crippen LogP contribution is -2.67. The van der Waals surface area contributed by atoms with Crippen molar-refractivity contribution in [2.45, 2.75) is 123 Å². The molecule has 4 fully saturated rings. The molecule has 20 atom stereocenters. The maximum absolute atomic E-state index is 10.9. The van der Waals surface area contributed by atoms with E-state index in [1.807, 2.05) is 0 Å². The SMILES string of the molecule is OCC1O[C@@H](O[C@@H]2C(CO)O[C@@H](O[C@@H]3C(CO)O[C@H](O[C@H]4C(CO)O[C@H](O)C(O)[C@H]4O)C(O)[C@H]3O)C(O)[C@H]2O)C(O)[C@@H](O)[C@@H]1O. The minimum Gasteiger partial charge on any atom is -0.394 e. The number of aliphatic hydroxyl groups is 14. The van der Waals surface area contributed by atoms with Gasteiger partial charge in [0, 0.05) is 0 Å². The van der Waals surface area contributed by atoms with Crippen molar-refractivity contribution in [3.05, 3.63) is 0 Å². The van der Waals surface area contributed by atoms with E-state index < -0.39 is 149 Å². The molecule has 45 heavy (non-hydrogen) atoms. The van der Waals surface area contributed by atoms with Gasteiger partial charge in [0.15, 0.2) is 25.2 Å². The van der Waals surface area contributed by atoms with Gasteiger partial charge in [-0.3, -0.25) is 0 Å². The van der Waals surface area contributed by atoms with Gasteiger partial charge in [-0.1, -0.05) is 0 Å². The standard InChI is InChI=1S/C24H42O21/c25-1-5-9(29)10(30)15(35)22(40-5)44-19-7(3-27)42-24(17(37)12(19)32)45-20-8(4-28)41-23(16(36)13(20)33)43-18-6(2-26)39-21(38)14(34)11(18)31/h5-38H,1-4H2/t5?,6?,7?,8?,9-,10+,11-,12-,13-,14?,15?,16?,17?,18+,19-,20-,21+,22+,23-,24+/m1/s1. The van der Waals surface area contributed by atoms with Gasteiger partial charge >= 0.3 is 0 Å². The van der Waals surface area contributed by atoms with Gasteiger partial charge in [-0.05, 0) is 0 Å². The maximum atomic E-state index is 10.9. The third-order valence-electron chi connectivity index (χ3n) is 8.20. The molecule has 8 unspecified atom stereocenters. The molecule has 0 spiro atoms. The fraction of sp³-hybridized carbons (Fsp3) is 1.00. The molecule has 4 saturated heterocycles. The second-order valence-corrected chi connectivity index (χ2v) is 11.1. The summed E-state index contributed by atoms with van der Waals surface area (Å²) in [4.78, 5) is 0. The van der Waals surface area contributed by atoms with Crippen LogP contribution in [-0.4, -0.2) is 221 Å². The highest BCUT2D eigenvalue weighted by Crippen LogP contribution is 2.34. The van der Waals surface area contributed by atoms with Crippen LogP contribution < -0.4 is 0 Å². The molecule has 0 aromatic heterocycles. The Bertz CT molecular complexity index is 910. The van der Waals surface area contributed by atoms with E-state index in [0.717, 1.165) is 0 Å². The molecule has 4 aliphatic heterocycles. The first-order valence-corrected chi connectivity index (χ1v) is 14.1. The number of hydrogen-bond donors (Lipinski definition) is 14. The van der Waals surface area contributed by atoms with E-state index in [9.17, 15) is 71.5 Å². The van der Waals surface area contributed by atoms with Crippen molar-refractivity contribution >= 4 is 0 Å². The van der Waals surface area contributed by atoms with Crippen LogP contribution in [0.5, 0.6) is 0 Å². The first-order valence-electron chi connectivity index (χ1n) is 14.1. The van der Waals surface area contributed by atoms with Crippen molar-refractivity contribution in [1.82, 2.24) is 0 Å². The highest BCUT2D eigenvalue weighted by Gasteiger charge is 2.55. The molecular weight excluding hydrogens is 624 g/mol. The zero-order valence-corrected chi connectivity index (χ0v) is 23.5. The zero-order valence-electron chi connectivity index (χ0n) is 23.5. The van der Waals surface area contributed by atoms with E-state index in [0.29, 0.717) is 0 Å². The van der Waals surface area contributed by atoms with Gasteiger partial charge in [-0.15, -0.1) is 0 Å². The van der Waals surface area contributed by atoms with Gasteiger partial charge in [0.2, 0.25) is 0 Å². The van der Waals surface area contributed by atoms with Crippen LogP contribution in [0.25, 0.3) is 0 Å². The molecule has 21 nitrogen and oxygen atoms in total. The van der Waals surface area contributed by atoms with Crippen molar-refractivity contribution in [2.75, 3.05) is 26.4 Å². The molecule has 4 aliphatic rings. The van der Waals surface area contributed by atoms with E-state index in [1.54, 1.807) is 0 Å². The van der Waals surface area contributed by atoms with Crippen LogP contribution in [-0.2, 0) is 33.2 Å². The molecular formula is C24H42O21. The summed E-state index contributed by atoms with van der Waals surface area (Å²) in [5.74, 6) is 0. The summed E-state index contributed by atoms with van der Waals surface area (Å²) < 4.78 is 37.7. The summed E-state index contributed by atoms with van der Waals surface area (Å²) in [7, 11) is 0. The van der Waals surface area contributed by atoms with E-state index >= 15 is 0 Å². The summed E-state index contributed by atoms with van der Waals surface area (Å²) in [5, 5.41) is 142. The van der Waals surface area contributed by atoms with Gasteiger partial charge in [0.25, 0.3) is 0 Å². The smallest absolute Gasteiger partial charge is 0.187 e. The lowest BCUT2D eigenvalue weighted by Gasteiger charge is -2.49. The van der Waals surface area contributed by atoms with Gasteiger partial charge in [0.05, 0.1) is 26.4 Å². The summed E-state index contributed by atoms with van der Waals surface area (Å²) >= 11 is 0. The second kappa shape index (κ2) is 15.6. The summed E-state index contributed by atoms with van der Waals surface area (Å²) in [5.41, 5.74) is 0. The molecule has 0 aromatic carbocycles. The molecule has 4 rings (SSSR count). The van der Waals surface area contributed by atoms with E-state index in [1.165, 1.54) is 0 Å².